The maximum Gasteiger partial charge on any atom is 0.417 e. The number of hydrogen-bond acceptors (Lipinski definition) is 3. The number of carboxylic acid groups (broad SMARTS) is 1. The van der Waals surface area contributed by atoms with E-state index in [-0.39, 0.29) is 11.7 Å². The van der Waals surface area contributed by atoms with Crippen LogP contribution in [0.1, 0.15) is 18.2 Å². The number of alkyl halides is 3. The maximum atomic E-state index is 12.8. The van der Waals surface area contributed by atoms with Gasteiger partial charge in [-0.3, -0.25) is 10.00 Å². The third-order valence-corrected chi connectivity index (χ3v) is 3.36. The second-order valence-corrected chi connectivity index (χ2v) is 4.62. The summed E-state index contributed by atoms with van der Waals surface area (Å²) in [4.78, 5) is 10.8. The summed E-state index contributed by atoms with van der Waals surface area (Å²) >= 11 is 5.87. The fourth-order valence-electron chi connectivity index (χ4n) is 1.44. The van der Waals surface area contributed by atoms with Crippen LogP contribution in [0, 0.1) is 6.92 Å². The number of aliphatic carboxylic acids is 1. The molecule has 1 rings (SSSR count). The van der Waals surface area contributed by atoms with Crippen LogP contribution in [-0.2, 0) is 18.4 Å². The Morgan fingerprint density at radius 1 is 1.53 bits per heavy atom. The summed E-state index contributed by atoms with van der Waals surface area (Å²) in [6.07, 6.45) is -4.93. The predicted octanol–water partition coefficient (Wildman–Crippen LogP) is 1.88. The van der Waals surface area contributed by atoms with Crippen LogP contribution in [0.4, 0.5) is 13.2 Å². The van der Waals surface area contributed by atoms with E-state index in [0.717, 1.165) is 0 Å². The van der Waals surface area contributed by atoms with E-state index in [0.29, 0.717) is 18.2 Å². The van der Waals surface area contributed by atoms with Crippen LogP contribution in [0.15, 0.2) is 0 Å². The van der Waals surface area contributed by atoms with Crippen molar-refractivity contribution in [3.05, 3.63) is 16.4 Å². The molecule has 0 aliphatic rings. The highest BCUT2D eigenvalue weighted by Crippen LogP contribution is 2.31. The number of rotatable bonds is 4. The summed E-state index contributed by atoms with van der Waals surface area (Å²) in [5.41, 5.74) is -2.27. The van der Waals surface area contributed by atoms with Gasteiger partial charge in [0.15, 0.2) is 0 Å². The summed E-state index contributed by atoms with van der Waals surface area (Å²) in [7, 11) is 1.54. The third kappa shape index (κ3) is 2.84. The molecule has 0 aliphatic carbocycles. The van der Waals surface area contributed by atoms with Gasteiger partial charge in [-0.1, -0.05) is 11.6 Å². The summed E-state index contributed by atoms with van der Waals surface area (Å²) in [5.74, 6) is -2.00. The first-order valence-corrected chi connectivity index (χ1v) is 5.61. The van der Waals surface area contributed by atoms with Gasteiger partial charge in [-0.2, -0.15) is 18.3 Å². The van der Waals surface area contributed by atoms with Crippen LogP contribution >= 0.6 is 11.6 Å². The van der Waals surface area contributed by atoms with Crippen LogP contribution in [-0.4, -0.2) is 32.6 Å². The lowest BCUT2D eigenvalue weighted by Gasteiger charge is -2.28. The van der Waals surface area contributed by atoms with Crippen molar-refractivity contribution in [1.29, 1.82) is 0 Å². The zero-order chi connectivity index (χ0) is 15.0. The van der Waals surface area contributed by atoms with E-state index in [4.69, 9.17) is 16.7 Å². The lowest BCUT2D eigenvalue weighted by atomic mass is 10.0. The standard InChI is InChI=1S/C10H13ClF3N3O2/c1-5-6(7(11)17(3)16-5)4-15-9(2,8(18)19)10(12,13)14/h15H,4H2,1-3H3,(H,18,19). The fraction of sp³-hybridized carbons (Fsp3) is 0.600. The normalized spacial score (nSPS) is 15.3. The van der Waals surface area contributed by atoms with E-state index >= 15 is 0 Å². The molecule has 0 saturated carbocycles. The number of carboxylic acids is 1. The SMILES string of the molecule is Cc1nn(C)c(Cl)c1CNC(C)(C(=O)O)C(F)(F)F. The maximum absolute atomic E-state index is 12.8. The molecule has 0 bridgehead atoms. The number of nitrogens with one attached hydrogen (secondary N) is 1. The van der Waals surface area contributed by atoms with Gasteiger partial charge < -0.3 is 5.11 Å². The van der Waals surface area contributed by atoms with E-state index in [1.165, 1.54) is 4.68 Å². The summed E-state index contributed by atoms with van der Waals surface area (Å²) < 4.78 is 39.6. The summed E-state index contributed by atoms with van der Waals surface area (Å²) in [6, 6.07) is 0. The second kappa shape index (κ2) is 5.01. The zero-order valence-electron chi connectivity index (χ0n) is 10.5. The van der Waals surface area contributed by atoms with Crippen molar-refractivity contribution in [2.75, 3.05) is 0 Å². The predicted molar refractivity (Wildman–Crippen MR) is 61.9 cm³/mol. The number of carbonyl (C=O) groups is 1. The second-order valence-electron chi connectivity index (χ2n) is 4.26. The number of halogens is 4. The van der Waals surface area contributed by atoms with Gasteiger partial charge in [0.1, 0.15) is 5.15 Å². The molecule has 0 spiro atoms. The van der Waals surface area contributed by atoms with Crippen molar-refractivity contribution in [1.82, 2.24) is 15.1 Å². The molecule has 9 heteroatoms. The minimum atomic E-state index is -4.93. The molecule has 1 atom stereocenters. The topological polar surface area (TPSA) is 67.2 Å². The van der Waals surface area contributed by atoms with Crippen LogP contribution < -0.4 is 5.32 Å². The number of nitrogens with zero attached hydrogens (tertiary/aromatic N) is 2. The monoisotopic (exact) mass is 299 g/mol. The minimum absolute atomic E-state index is 0.167. The van der Waals surface area contributed by atoms with Crippen molar-refractivity contribution in [3.8, 4) is 0 Å². The molecule has 0 amide bonds. The minimum Gasteiger partial charge on any atom is -0.480 e. The molecule has 5 nitrogen and oxygen atoms in total. The Morgan fingerprint density at radius 2 is 2.05 bits per heavy atom. The van der Waals surface area contributed by atoms with Gasteiger partial charge in [0.05, 0.1) is 5.69 Å². The van der Waals surface area contributed by atoms with Crippen LogP contribution in [0.5, 0.6) is 0 Å². The molecule has 0 fully saturated rings. The first kappa shape index (κ1) is 15.8. The van der Waals surface area contributed by atoms with Gasteiger partial charge in [-0.15, -0.1) is 0 Å². The molecule has 1 aromatic rings. The van der Waals surface area contributed by atoms with Crippen molar-refractivity contribution >= 4 is 17.6 Å². The molecule has 0 radical (unpaired) electrons. The lowest BCUT2D eigenvalue weighted by Crippen LogP contribution is -2.59. The molecule has 1 heterocycles. The van der Waals surface area contributed by atoms with E-state index in [1.54, 1.807) is 14.0 Å². The van der Waals surface area contributed by atoms with E-state index < -0.39 is 17.7 Å². The highest BCUT2D eigenvalue weighted by Gasteiger charge is 2.57. The number of aromatic nitrogens is 2. The van der Waals surface area contributed by atoms with Crippen molar-refractivity contribution < 1.29 is 23.1 Å². The summed E-state index contributed by atoms with van der Waals surface area (Å²) in [5, 5.41) is 14.8. The molecule has 1 unspecified atom stereocenters. The average Bonchev–Trinajstić information content (AvgIpc) is 2.48. The lowest BCUT2D eigenvalue weighted by molar-refractivity contribution is -0.206. The van der Waals surface area contributed by atoms with E-state index in [1.807, 2.05) is 5.32 Å². The van der Waals surface area contributed by atoms with E-state index in [9.17, 15) is 18.0 Å². The molecule has 1 aromatic heterocycles. The Balaban J connectivity index is 2.99. The molecule has 0 aliphatic heterocycles. The van der Waals surface area contributed by atoms with Crippen LogP contribution in [0.2, 0.25) is 5.15 Å². The van der Waals surface area contributed by atoms with Gasteiger partial charge in [-0.05, 0) is 13.8 Å². The van der Waals surface area contributed by atoms with Gasteiger partial charge in [-0.25, -0.2) is 4.79 Å². The quantitative estimate of drug-likeness (QED) is 0.891. The largest absolute Gasteiger partial charge is 0.480 e. The first-order valence-electron chi connectivity index (χ1n) is 5.24. The van der Waals surface area contributed by atoms with Gasteiger partial charge in [0, 0.05) is 19.2 Å². The van der Waals surface area contributed by atoms with Crippen molar-refractivity contribution in [2.24, 2.45) is 7.05 Å². The number of aryl methyl sites for hydroxylation is 2. The molecule has 0 aromatic carbocycles. The zero-order valence-corrected chi connectivity index (χ0v) is 11.2. The molecule has 108 valence electrons. The van der Waals surface area contributed by atoms with Gasteiger partial charge in [0.2, 0.25) is 5.54 Å². The Morgan fingerprint density at radius 3 is 2.37 bits per heavy atom. The first-order chi connectivity index (χ1) is 8.50. The Hall–Kier alpha value is -1.28. The summed E-state index contributed by atoms with van der Waals surface area (Å²) in [6.45, 7) is 1.80. The number of hydrogen-bond donors (Lipinski definition) is 2. The Labute approximate surface area is 112 Å². The van der Waals surface area contributed by atoms with Gasteiger partial charge in [0.25, 0.3) is 0 Å². The molecule has 19 heavy (non-hydrogen) atoms. The average molecular weight is 300 g/mol. The fourth-order valence-corrected chi connectivity index (χ4v) is 1.68. The van der Waals surface area contributed by atoms with Crippen LogP contribution in [0.25, 0.3) is 0 Å². The molecular formula is C10H13ClF3N3O2. The molecular weight excluding hydrogens is 287 g/mol. The third-order valence-electron chi connectivity index (χ3n) is 2.88. The van der Waals surface area contributed by atoms with Crippen LogP contribution in [0.3, 0.4) is 0 Å². The highest BCUT2D eigenvalue weighted by atomic mass is 35.5. The highest BCUT2D eigenvalue weighted by molar-refractivity contribution is 6.30. The Bertz CT molecular complexity index is 501. The Kier molecular flexibility index (Phi) is 4.16. The van der Waals surface area contributed by atoms with E-state index in [2.05, 4.69) is 5.10 Å². The van der Waals surface area contributed by atoms with Crippen molar-refractivity contribution in [2.45, 2.75) is 32.1 Å². The molecule has 0 saturated heterocycles. The van der Waals surface area contributed by atoms with Gasteiger partial charge >= 0.3 is 12.1 Å². The molecule has 2 N–H and O–H groups in total. The smallest absolute Gasteiger partial charge is 0.417 e. The van der Waals surface area contributed by atoms with Crippen molar-refractivity contribution in [3.63, 3.8) is 0 Å².